The molecule has 372 valence electrons. The van der Waals surface area contributed by atoms with Crippen LogP contribution in [0.15, 0.2) is 24.3 Å². The lowest BCUT2D eigenvalue weighted by Crippen LogP contribution is -2.45. The second-order valence-electron chi connectivity index (χ2n) is 19.3. The number of rotatable bonds is 52. The van der Waals surface area contributed by atoms with Gasteiger partial charge in [0, 0.05) is 12.8 Å². The fourth-order valence-corrected chi connectivity index (χ4v) is 8.63. The minimum Gasteiger partial charge on any atom is -0.466 e. The number of nitrogens with one attached hydrogen (secondary N) is 1. The van der Waals surface area contributed by atoms with E-state index in [4.69, 9.17) is 4.74 Å². The molecular weight excluding hydrogens is 779 g/mol. The van der Waals surface area contributed by atoms with E-state index in [1.165, 1.54) is 231 Å². The minimum atomic E-state index is -0.841. The lowest BCUT2D eigenvalue weighted by Gasteiger charge is -2.20. The molecule has 6 nitrogen and oxygen atoms in total. The predicted octanol–water partition coefficient (Wildman–Crippen LogP) is 17.1. The van der Waals surface area contributed by atoms with E-state index in [-0.39, 0.29) is 18.5 Å². The van der Waals surface area contributed by atoms with Gasteiger partial charge in [0.1, 0.15) is 0 Å². The van der Waals surface area contributed by atoms with Crippen molar-refractivity contribution in [3.8, 4) is 0 Å². The molecule has 0 saturated heterocycles. The van der Waals surface area contributed by atoms with Crippen LogP contribution in [0.5, 0.6) is 0 Å². The van der Waals surface area contributed by atoms with Crippen LogP contribution in [-0.2, 0) is 14.3 Å². The van der Waals surface area contributed by atoms with Crippen LogP contribution in [0.3, 0.4) is 0 Å². The molecule has 0 aliphatic rings. The zero-order chi connectivity index (χ0) is 45.8. The van der Waals surface area contributed by atoms with Crippen molar-refractivity contribution in [2.45, 2.75) is 315 Å². The van der Waals surface area contributed by atoms with Crippen molar-refractivity contribution in [2.75, 3.05) is 13.2 Å². The summed E-state index contributed by atoms with van der Waals surface area (Å²) in [6, 6.07) is -0.624. The molecule has 0 spiro atoms. The van der Waals surface area contributed by atoms with Crippen molar-refractivity contribution in [1.29, 1.82) is 0 Å². The number of esters is 1. The van der Waals surface area contributed by atoms with Crippen molar-refractivity contribution in [2.24, 2.45) is 0 Å². The van der Waals surface area contributed by atoms with E-state index in [1.807, 2.05) is 6.08 Å². The first-order valence-electron chi connectivity index (χ1n) is 28.1. The van der Waals surface area contributed by atoms with Gasteiger partial charge in [-0.15, -0.1) is 0 Å². The van der Waals surface area contributed by atoms with Crippen molar-refractivity contribution in [3.05, 3.63) is 24.3 Å². The average molecular weight is 889 g/mol. The monoisotopic (exact) mass is 888 g/mol. The van der Waals surface area contributed by atoms with Gasteiger partial charge in [-0.3, -0.25) is 9.59 Å². The molecule has 63 heavy (non-hydrogen) atoms. The number of aliphatic hydroxyl groups excluding tert-OH is 2. The molecule has 0 aromatic rings. The Hall–Kier alpha value is -1.66. The van der Waals surface area contributed by atoms with E-state index in [0.717, 1.165) is 44.9 Å². The fourth-order valence-electron chi connectivity index (χ4n) is 8.63. The molecule has 6 heteroatoms. The number of hydrogen-bond donors (Lipinski definition) is 3. The van der Waals surface area contributed by atoms with Crippen molar-refractivity contribution >= 4 is 11.9 Å². The van der Waals surface area contributed by atoms with Gasteiger partial charge in [-0.05, 0) is 57.8 Å². The van der Waals surface area contributed by atoms with Gasteiger partial charge in [0.2, 0.25) is 5.91 Å². The lowest BCUT2D eigenvalue weighted by atomic mass is 10.0. The van der Waals surface area contributed by atoms with Gasteiger partial charge in [0.25, 0.3) is 0 Å². The Morgan fingerprint density at radius 1 is 0.429 bits per heavy atom. The van der Waals surface area contributed by atoms with E-state index >= 15 is 0 Å². The number of allylic oxidation sites excluding steroid dienone is 3. The molecule has 0 fully saturated rings. The zero-order valence-corrected chi connectivity index (χ0v) is 42.3. The average Bonchev–Trinajstić information content (AvgIpc) is 3.28. The number of carbonyl (C=O) groups excluding carboxylic acids is 2. The molecule has 0 rings (SSSR count). The van der Waals surface area contributed by atoms with Crippen molar-refractivity contribution in [3.63, 3.8) is 0 Å². The molecule has 2 atom stereocenters. The third kappa shape index (κ3) is 49.6. The van der Waals surface area contributed by atoms with Gasteiger partial charge in [-0.25, -0.2) is 0 Å². The SMILES string of the molecule is CCCCC/C=C\CCCCCCCC(=O)OCCCCCCCCCCCCCCCCCCCCCCCCCCC(=O)NC(CO)C(O)/C=C/CCCCCCCCCC. The highest BCUT2D eigenvalue weighted by Gasteiger charge is 2.18. The van der Waals surface area contributed by atoms with E-state index in [9.17, 15) is 19.8 Å². The minimum absolute atomic E-state index is 0.00458. The number of carbonyl (C=O) groups is 2. The second-order valence-corrected chi connectivity index (χ2v) is 19.3. The van der Waals surface area contributed by atoms with E-state index < -0.39 is 12.1 Å². The molecule has 0 aliphatic heterocycles. The van der Waals surface area contributed by atoms with Crippen LogP contribution < -0.4 is 5.32 Å². The Balaban J connectivity index is 3.36. The summed E-state index contributed by atoms with van der Waals surface area (Å²) >= 11 is 0. The fraction of sp³-hybridized carbons (Fsp3) is 0.895. The van der Waals surface area contributed by atoms with E-state index in [0.29, 0.717) is 19.4 Å². The third-order valence-electron chi connectivity index (χ3n) is 13.0. The maximum absolute atomic E-state index is 12.4. The maximum Gasteiger partial charge on any atom is 0.305 e. The molecule has 0 aromatic heterocycles. The largest absolute Gasteiger partial charge is 0.466 e. The van der Waals surface area contributed by atoms with Gasteiger partial charge in [-0.1, -0.05) is 256 Å². The molecule has 3 N–H and O–H groups in total. The van der Waals surface area contributed by atoms with Gasteiger partial charge >= 0.3 is 5.97 Å². The van der Waals surface area contributed by atoms with Gasteiger partial charge in [-0.2, -0.15) is 0 Å². The molecule has 1 amide bonds. The van der Waals surface area contributed by atoms with Crippen LogP contribution in [0.1, 0.15) is 303 Å². The van der Waals surface area contributed by atoms with Crippen LogP contribution in [0.25, 0.3) is 0 Å². The van der Waals surface area contributed by atoms with Crippen LogP contribution in [0, 0.1) is 0 Å². The highest BCUT2D eigenvalue weighted by Crippen LogP contribution is 2.17. The molecule has 0 aliphatic carbocycles. The Bertz CT molecular complexity index is 982. The quantitative estimate of drug-likeness (QED) is 0.0321. The molecule has 2 unspecified atom stereocenters. The highest BCUT2D eigenvalue weighted by atomic mass is 16.5. The summed E-state index contributed by atoms with van der Waals surface area (Å²) in [5.41, 5.74) is 0. The lowest BCUT2D eigenvalue weighted by molar-refractivity contribution is -0.143. The Morgan fingerprint density at radius 3 is 1.16 bits per heavy atom. The molecule has 0 bridgehead atoms. The Kier molecular flexibility index (Phi) is 51.6. The summed E-state index contributed by atoms with van der Waals surface area (Å²) in [7, 11) is 0. The first kappa shape index (κ1) is 61.3. The van der Waals surface area contributed by atoms with E-state index in [1.54, 1.807) is 6.08 Å². The first-order chi connectivity index (χ1) is 31.0. The summed E-state index contributed by atoms with van der Waals surface area (Å²) in [6.45, 7) is 4.86. The first-order valence-corrected chi connectivity index (χ1v) is 28.1. The van der Waals surface area contributed by atoms with Crippen LogP contribution in [-0.4, -0.2) is 47.4 Å². The molecular formula is C57H109NO5. The summed E-state index contributed by atoms with van der Waals surface area (Å²) in [4.78, 5) is 24.4. The summed E-state index contributed by atoms with van der Waals surface area (Å²) in [5.74, 6) is -0.0639. The number of hydrogen-bond acceptors (Lipinski definition) is 5. The number of ether oxygens (including phenoxy) is 1. The summed E-state index contributed by atoms with van der Waals surface area (Å²) in [6.07, 6.45) is 63.5. The Labute approximate surface area is 392 Å². The van der Waals surface area contributed by atoms with Gasteiger partial charge in [0.05, 0.1) is 25.4 Å². The number of amides is 1. The zero-order valence-electron chi connectivity index (χ0n) is 42.3. The second kappa shape index (κ2) is 53.0. The third-order valence-corrected chi connectivity index (χ3v) is 13.0. The van der Waals surface area contributed by atoms with Crippen LogP contribution in [0.2, 0.25) is 0 Å². The summed E-state index contributed by atoms with van der Waals surface area (Å²) < 4.78 is 5.46. The summed E-state index contributed by atoms with van der Waals surface area (Å²) in [5, 5.41) is 23.0. The van der Waals surface area contributed by atoms with Crippen LogP contribution >= 0.6 is 0 Å². The molecule has 0 heterocycles. The molecule has 0 saturated carbocycles. The Morgan fingerprint density at radius 2 is 0.746 bits per heavy atom. The molecule has 0 aromatic carbocycles. The smallest absolute Gasteiger partial charge is 0.305 e. The van der Waals surface area contributed by atoms with E-state index in [2.05, 4.69) is 31.3 Å². The normalized spacial score (nSPS) is 12.8. The van der Waals surface area contributed by atoms with Gasteiger partial charge < -0.3 is 20.3 Å². The van der Waals surface area contributed by atoms with Crippen molar-refractivity contribution in [1.82, 2.24) is 5.32 Å². The van der Waals surface area contributed by atoms with Gasteiger partial charge in [0.15, 0.2) is 0 Å². The standard InChI is InChI=1S/C57H109NO5/c1-3-5-7-9-11-13-15-31-35-39-43-47-51-57(62)63-52-48-44-40-36-32-29-27-25-23-21-19-17-16-18-20-22-24-26-28-30-34-38-42-46-50-56(61)58-54(53-59)55(60)49-45-41-37-33-14-12-10-8-6-4-2/h11,13,45,49,54-55,59-60H,3-10,12,14-44,46-48,50-53H2,1-2H3,(H,58,61)/b13-11-,49-45+. The van der Waals surface area contributed by atoms with Crippen LogP contribution in [0.4, 0.5) is 0 Å². The highest BCUT2D eigenvalue weighted by molar-refractivity contribution is 5.76. The number of aliphatic hydroxyl groups is 2. The molecule has 0 radical (unpaired) electrons. The maximum atomic E-state index is 12.4. The predicted molar refractivity (Wildman–Crippen MR) is 273 cm³/mol. The number of unbranched alkanes of at least 4 members (excludes halogenated alkanes) is 39. The topological polar surface area (TPSA) is 95.9 Å². The van der Waals surface area contributed by atoms with Crippen molar-refractivity contribution < 1.29 is 24.5 Å².